The zero-order valence-electron chi connectivity index (χ0n) is 14.0. The van der Waals surface area contributed by atoms with Crippen LogP contribution in [0.2, 0.25) is 0 Å². The Morgan fingerprint density at radius 2 is 1.87 bits per heavy atom. The first kappa shape index (κ1) is 17.6. The van der Waals surface area contributed by atoms with Crippen LogP contribution in [0.15, 0.2) is 42.5 Å². The van der Waals surface area contributed by atoms with E-state index in [0.29, 0.717) is 19.0 Å². The zero-order valence-corrected chi connectivity index (χ0v) is 14.8. The largest absolute Gasteiger partial charge is 0.494 e. The Labute approximate surface area is 143 Å². The Balaban J connectivity index is 1.81. The normalized spacial score (nSPS) is 11.5. The number of hydrogen-bond acceptors (Lipinski definition) is 2. The summed E-state index contributed by atoms with van der Waals surface area (Å²) < 4.78 is 5.79. The van der Waals surface area contributed by atoms with E-state index in [1.165, 1.54) is 10.8 Å². The molecule has 0 fully saturated rings. The molecular formula is C19H24ClNO2. The van der Waals surface area contributed by atoms with E-state index < -0.39 is 5.41 Å². The maximum atomic E-state index is 12.2. The fraction of sp³-hybridized carbons (Fsp3) is 0.421. The van der Waals surface area contributed by atoms with Crippen LogP contribution in [-0.2, 0) is 4.79 Å². The number of nitrogens with zero attached hydrogens (tertiary/aromatic N) is 1. The molecule has 0 atom stereocenters. The van der Waals surface area contributed by atoms with Crippen molar-refractivity contribution in [3.8, 4) is 5.75 Å². The topological polar surface area (TPSA) is 29.5 Å². The van der Waals surface area contributed by atoms with Crippen molar-refractivity contribution in [2.45, 2.75) is 20.3 Å². The Morgan fingerprint density at radius 3 is 2.57 bits per heavy atom. The van der Waals surface area contributed by atoms with Crippen LogP contribution in [0.25, 0.3) is 10.8 Å². The quantitative estimate of drug-likeness (QED) is 0.557. The van der Waals surface area contributed by atoms with Gasteiger partial charge in [-0.05, 0) is 43.2 Å². The predicted molar refractivity (Wildman–Crippen MR) is 96.2 cm³/mol. The highest BCUT2D eigenvalue weighted by Crippen LogP contribution is 2.21. The molecule has 2 rings (SSSR count). The number of amides is 1. The molecule has 0 saturated heterocycles. The number of fused-ring (bicyclic) bond motifs is 1. The molecule has 23 heavy (non-hydrogen) atoms. The summed E-state index contributed by atoms with van der Waals surface area (Å²) >= 11 is 5.85. The van der Waals surface area contributed by atoms with E-state index in [1.807, 2.05) is 45.2 Å². The lowest BCUT2D eigenvalue weighted by molar-refractivity contribution is -0.137. The minimum absolute atomic E-state index is 0.0678. The van der Waals surface area contributed by atoms with E-state index in [1.54, 1.807) is 4.90 Å². The molecular weight excluding hydrogens is 310 g/mol. The Kier molecular flexibility index (Phi) is 5.89. The second kappa shape index (κ2) is 7.69. The molecule has 2 aromatic rings. The van der Waals surface area contributed by atoms with E-state index in [2.05, 4.69) is 18.2 Å². The van der Waals surface area contributed by atoms with Gasteiger partial charge in [0.15, 0.2) is 0 Å². The first-order chi connectivity index (χ1) is 10.9. The Bertz CT molecular complexity index is 669. The van der Waals surface area contributed by atoms with Crippen LogP contribution in [0.1, 0.15) is 20.3 Å². The average molecular weight is 334 g/mol. The van der Waals surface area contributed by atoms with Crippen molar-refractivity contribution < 1.29 is 9.53 Å². The van der Waals surface area contributed by atoms with Crippen LogP contribution in [0.5, 0.6) is 5.75 Å². The third kappa shape index (κ3) is 4.61. The van der Waals surface area contributed by atoms with Crippen LogP contribution in [0.3, 0.4) is 0 Å². The van der Waals surface area contributed by atoms with Crippen LogP contribution in [0, 0.1) is 5.41 Å². The number of carbonyl (C=O) groups is 1. The van der Waals surface area contributed by atoms with Gasteiger partial charge < -0.3 is 9.64 Å². The van der Waals surface area contributed by atoms with E-state index in [0.717, 1.165) is 12.2 Å². The van der Waals surface area contributed by atoms with Gasteiger partial charge in [0.25, 0.3) is 0 Å². The Morgan fingerprint density at radius 1 is 1.17 bits per heavy atom. The molecule has 0 aliphatic rings. The Hall–Kier alpha value is -1.74. The fourth-order valence-electron chi connectivity index (χ4n) is 2.42. The average Bonchev–Trinajstić information content (AvgIpc) is 2.57. The molecule has 0 aliphatic heterocycles. The van der Waals surface area contributed by atoms with Gasteiger partial charge in [-0.15, -0.1) is 11.6 Å². The molecule has 4 heteroatoms. The summed E-state index contributed by atoms with van der Waals surface area (Å²) in [6, 6.07) is 14.3. The molecule has 1 amide bonds. The molecule has 0 unspecified atom stereocenters. The summed E-state index contributed by atoms with van der Waals surface area (Å²) in [5.41, 5.74) is -0.518. The molecule has 0 spiro atoms. The van der Waals surface area contributed by atoms with Crippen molar-refractivity contribution in [3.63, 3.8) is 0 Å². The maximum Gasteiger partial charge on any atom is 0.229 e. The van der Waals surface area contributed by atoms with Crippen molar-refractivity contribution in [3.05, 3.63) is 42.5 Å². The number of ether oxygens (including phenoxy) is 1. The van der Waals surface area contributed by atoms with Gasteiger partial charge in [-0.1, -0.05) is 30.3 Å². The number of alkyl halides is 1. The van der Waals surface area contributed by atoms with Crippen molar-refractivity contribution >= 4 is 28.3 Å². The van der Waals surface area contributed by atoms with Gasteiger partial charge in [-0.2, -0.15) is 0 Å². The van der Waals surface area contributed by atoms with Gasteiger partial charge in [-0.3, -0.25) is 4.79 Å². The third-order valence-corrected chi connectivity index (χ3v) is 4.56. The van der Waals surface area contributed by atoms with Crippen molar-refractivity contribution in [2.24, 2.45) is 5.41 Å². The van der Waals surface area contributed by atoms with Gasteiger partial charge in [0.1, 0.15) is 5.75 Å². The van der Waals surface area contributed by atoms with E-state index >= 15 is 0 Å². The fourth-order valence-corrected chi connectivity index (χ4v) is 2.54. The first-order valence-corrected chi connectivity index (χ1v) is 8.40. The van der Waals surface area contributed by atoms with Crippen LogP contribution < -0.4 is 4.74 Å². The van der Waals surface area contributed by atoms with E-state index in [4.69, 9.17) is 16.3 Å². The molecule has 3 nitrogen and oxygen atoms in total. The SMILES string of the molecule is CN(CCCOc1ccc2ccccc2c1)C(=O)C(C)(C)CCl. The summed E-state index contributed by atoms with van der Waals surface area (Å²) in [4.78, 5) is 13.9. The predicted octanol–water partition coefficient (Wildman–Crippen LogP) is 4.33. The number of hydrogen-bond donors (Lipinski definition) is 0. The third-order valence-electron chi connectivity index (χ3n) is 3.89. The molecule has 0 bridgehead atoms. The van der Waals surface area contributed by atoms with E-state index in [9.17, 15) is 4.79 Å². The highest BCUT2D eigenvalue weighted by atomic mass is 35.5. The summed E-state index contributed by atoms with van der Waals surface area (Å²) in [5.74, 6) is 1.25. The zero-order chi connectivity index (χ0) is 16.9. The van der Waals surface area contributed by atoms with Gasteiger partial charge in [0, 0.05) is 19.5 Å². The van der Waals surface area contributed by atoms with Crippen LogP contribution >= 0.6 is 11.6 Å². The number of halogens is 1. The maximum absolute atomic E-state index is 12.2. The molecule has 0 saturated carbocycles. The standard InChI is InChI=1S/C19H24ClNO2/c1-19(2,14-20)18(22)21(3)11-6-12-23-17-10-9-15-7-4-5-8-16(15)13-17/h4-5,7-10,13H,6,11-12,14H2,1-3H3. The highest BCUT2D eigenvalue weighted by Gasteiger charge is 2.29. The molecule has 2 aromatic carbocycles. The lowest BCUT2D eigenvalue weighted by Gasteiger charge is -2.27. The van der Waals surface area contributed by atoms with Crippen molar-refractivity contribution in [1.29, 1.82) is 0 Å². The van der Waals surface area contributed by atoms with Gasteiger partial charge in [0.2, 0.25) is 5.91 Å². The van der Waals surface area contributed by atoms with Gasteiger partial charge >= 0.3 is 0 Å². The smallest absolute Gasteiger partial charge is 0.229 e. The number of benzene rings is 2. The summed E-state index contributed by atoms with van der Waals surface area (Å²) in [5, 5.41) is 2.37. The highest BCUT2D eigenvalue weighted by molar-refractivity contribution is 6.19. The van der Waals surface area contributed by atoms with Crippen LogP contribution in [0.4, 0.5) is 0 Å². The number of carbonyl (C=O) groups excluding carboxylic acids is 1. The molecule has 0 radical (unpaired) electrons. The summed E-state index contributed by atoms with van der Waals surface area (Å²) in [6.07, 6.45) is 0.785. The molecule has 0 aromatic heterocycles. The van der Waals surface area contributed by atoms with Crippen molar-refractivity contribution in [2.75, 3.05) is 26.1 Å². The molecule has 0 aliphatic carbocycles. The van der Waals surface area contributed by atoms with E-state index in [-0.39, 0.29) is 5.91 Å². The van der Waals surface area contributed by atoms with Gasteiger partial charge in [-0.25, -0.2) is 0 Å². The first-order valence-electron chi connectivity index (χ1n) is 7.87. The minimum Gasteiger partial charge on any atom is -0.494 e. The molecule has 0 heterocycles. The summed E-state index contributed by atoms with van der Waals surface area (Å²) in [7, 11) is 1.81. The second-order valence-electron chi connectivity index (χ2n) is 6.46. The molecule has 0 N–H and O–H groups in total. The monoisotopic (exact) mass is 333 g/mol. The minimum atomic E-state index is -0.518. The van der Waals surface area contributed by atoms with Crippen molar-refractivity contribution in [1.82, 2.24) is 4.90 Å². The summed E-state index contributed by atoms with van der Waals surface area (Å²) in [6.45, 7) is 4.97. The lowest BCUT2D eigenvalue weighted by atomic mass is 9.94. The van der Waals surface area contributed by atoms with Gasteiger partial charge in [0.05, 0.1) is 12.0 Å². The lowest BCUT2D eigenvalue weighted by Crippen LogP contribution is -2.40. The van der Waals surface area contributed by atoms with Crippen LogP contribution in [-0.4, -0.2) is 36.9 Å². The molecule has 124 valence electrons. The second-order valence-corrected chi connectivity index (χ2v) is 6.72. The number of rotatable bonds is 7.